The standard InChI is InChI=1S/C29H36N4O4/c1-31-25-27(30-26(31)23-15-12-20(13-16-23)14-17-24(34)35)32(18-21-8-4-2-5-9-21)29(37)33(28(25)36)19-22-10-6-3-7-11-22/h12-17,21-22H,2-11,18-19H2,1H3,(H,34,35). The minimum atomic E-state index is -1.00. The van der Waals surface area contributed by atoms with Crippen LogP contribution in [0.1, 0.15) is 69.8 Å². The van der Waals surface area contributed by atoms with E-state index in [0.717, 1.165) is 55.7 Å². The second kappa shape index (κ2) is 10.9. The highest BCUT2D eigenvalue weighted by Gasteiger charge is 2.25. The van der Waals surface area contributed by atoms with Crippen molar-refractivity contribution in [3.05, 3.63) is 56.7 Å². The number of carbonyl (C=O) groups is 1. The number of hydrogen-bond acceptors (Lipinski definition) is 4. The molecule has 0 atom stereocenters. The van der Waals surface area contributed by atoms with Gasteiger partial charge in [-0.05, 0) is 49.2 Å². The van der Waals surface area contributed by atoms with Gasteiger partial charge in [-0.3, -0.25) is 13.9 Å². The lowest BCUT2D eigenvalue weighted by Crippen LogP contribution is -2.43. The van der Waals surface area contributed by atoms with Crippen LogP contribution in [0.4, 0.5) is 0 Å². The zero-order chi connectivity index (χ0) is 25.9. The molecule has 3 aromatic rings. The van der Waals surface area contributed by atoms with Gasteiger partial charge in [0.25, 0.3) is 5.56 Å². The molecule has 1 N–H and O–H groups in total. The zero-order valence-corrected chi connectivity index (χ0v) is 21.6. The number of nitrogens with zero attached hydrogens (tertiary/aromatic N) is 4. The van der Waals surface area contributed by atoms with E-state index in [1.54, 1.807) is 4.57 Å². The molecule has 8 heteroatoms. The first-order valence-corrected chi connectivity index (χ1v) is 13.6. The Balaban J connectivity index is 1.60. The maximum absolute atomic E-state index is 13.8. The summed E-state index contributed by atoms with van der Waals surface area (Å²) in [4.78, 5) is 43.3. The highest BCUT2D eigenvalue weighted by Crippen LogP contribution is 2.28. The number of fused-ring (bicyclic) bond motifs is 1. The lowest BCUT2D eigenvalue weighted by molar-refractivity contribution is -0.131. The second-order valence-corrected chi connectivity index (χ2v) is 10.8. The summed E-state index contributed by atoms with van der Waals surface area (Å²) in [5.74, 6) is 0.396. The molecule has 0 aliphatic heterocycles. The van der Waals surface area contributed by atoms with Gasteiger partial charge in [-0.25, -0.2) is 14.6 Å². The van der Waals surface area contributed by atoms with Crippen LogP contribution in [0.25, 0.3) is 28.6 Å². The number of rotatable bonds is 7. The van der Waals surface area contributed by atoms with E-state index in [1.165, 1.54) is 36.3 Å². The lowest BCUT2D eigenvalue weighted by Gasteiger charge is -2.24. The highest BCUT2D eigenvalue weighted by atomic mass is 16.4. The van der Waals surface area contributed by atoms with Crippen LogP contribution in [0.3, 0.4) is 0 Å². The highest BCUT2D eigenvalue weighted by molar-refractivity contribution is 5.85. The van der Waals surface area contributed by atoms with E-state index >= 15 is 0 Å². The fourth-order valence-electron chi connectivity index (χ4n) is 6.11. The molecule has 1 aromatic carbocycles. The Morgan fingerprint density at radius 3 is 2.05 bits per heavy atom. The molecule has 2 aliphatic rings. The third-order valence-corrected chi connectivity index (χ3v) is 8.16. The smallest absolute Gasteiger partial charge is 0.332 e. The molecule has 0 unspecified atom stereocenters. The summed E-state index contributed by atoms with van der Waals surface area (Å²) < 4.78 is 5.06. The first-order valence-electron chi connectivity index (χ1n) is 13.6. The average molecular weight is 505 g/mol. The van der Waals surface area contributed by atoms with Crippen molar-refractivity contribution in [1.82, 2.24) is 18.7 Å². The van der Waals surface area contributed by atoms with E-state index in [1.807, 2.05) is 35.9 Å². The SMILES string of the molecule is Cn1c(-c2ccc(C=CC(=O)O)cc2)nc2c1c(=O)n(CC1CCCCC1)c(=O)n2CC1CCCCC1. The molecule has 0 spiro atoms. The number of hydrogen-bond donors (Lipinski definition) is 1. The molecule has 2 saturated carbocycles. The van der Waals surface area contributed by atoms with Gasteiger partial charge < -0.3 is 9.67 Å². The summed E-state index contributed by atoms with van der Waals surface area (Å²) >= 11 is 0. The third-order valence-electron chi connectivity index (χ3n) is 8.16. The number of aryl methyl sites for hydroxylation is 1. The van der Waals surface area contributed by atoms with Crippen molar-refractivity contribution in [2.24, 2.45) is 18.9 Å². The molecule has 0 bridgehead atoms. The summed E-state index contributed by atoms with van der Waals surface area (Å²) in [6.45, 7) is 1.07. The molecule has 0 amide bonds. The average Bonchev–Trinajstić information content (AvgIpc) is 3.26. The molecule has 2 heterocycles. The van der Waals surface area contributed by atoms with Crippen LogP contribution in [0.15, 0.2) is 39.9 Å². The molecular formula is C29H36N4O4. The molecule has 2 aliphatic carbocycles. The van der Waals surface area contributed by atoms with Crippen LogP contribution in [-0.2, 0) is 24.9 Å². The summed E-state index contributed by atoms with van der Waals surface area (Å²) in [5.41, 5.74) is 2.01. The fraction of sp³-hybridized carbons (Fsp3) is 0.517. The summed E-state index contributed by atoms with van der Waals surface area (Å²) in [7, 11) is 1.84. The van der Waals surface area contributed by atoms with Crippen molar-refractivity contribution in [2.45, 2.75) is 77.3 Å². The van der Waals surface area contributed by atoms with Crippen LogP contribution >= 0.6 is 0 Å². The monoisotopic (exact) mass is 504 g/mol. The zero-order valence-electron chi connectivity index (χ0n) is 21.6. The third kappa shape index (κ3) is 5.33. The van der Waals surface area contributed by atoms with Crippen LogP contribution in [-0.4, -0.2) is 29.8 Å². The number of benzene rings is 1. The van der Waals surface area contributed by atoms with Gasteiger partial charge in [0.2, 0.25) is 0 Å². The van der Waals surface area contributed by atoms with Crippen LogP contribution in [0, 0.1) is 11.8 Å². The molecule has 0 radical (unpaired) electrons. The number of imidazole rings is 1. The topological polar surface area (TPSA) is 99.1 Å². The first-order chi connectivity index (χ1) is 17.9. The molecule has 0 saturated heterocycles. The summed E-state index contributed by atoms with van der Waals surface area (Å²) in [5, 5.41) is 8.88. The molecule has 196 valence electrons. The first kappa shape index (κ1) is 25.2. The Labute approximate surface area is 216 Å². The Hall–Kier alpha value is -3.42. The van der Waals surface area contributed by atoms with Gasteiger partial charge in [-0.1, -0.05) is 62.8 Å². The minimum absolute atomic E-state index is 0.229. The molecule has 2 fully saturated rings. The van der Waals surface area contributed by atoms with E-state index in [0.29, 0.717) is 41.9 Å². The number of carboxylic acids is 1. The summed E-state index contributed by atoms with van der Waals surface area (Å²) in [6.07, 6.45) is 14.1. The predicted octanol–water partition coefficient (Wildman–Crippen LogP) is 4.82. The van der Waals surface area contributed by atoms with Crippen molar-refractivity contribution in [2.75, 3.05) is 0 Å². The molecule has 8 nitrogen and oxygen atoms in total. The molecular weight excluding hydrogens is 468 g/mol. The Morgan fingerprint density at radius 1 is 0.919 bits per heavy atom. The normalized spacial score (nSPS) is 17.6. The van der Waals surface area contributed by atoms with Crippen molar-refractivity contribution >= 4 is 23.2 Å². The summed E-state index contributed by atoms with van der Waals surface area (Å²) in [6, 6.07) is 7.38. The van der Waals surface area contributed by atoms with Crippen molar-refractivity contribution < 1.29 is 9.90 Å². The van der Waals surface area contributed by atoms with E-state index in [4.69, 9.17) is 10.1 Å². The van der Waals surface area contributed by atoms with Gasteiger partial charge >= 0.3 is 11.7 Å². The maximum Gasteiger partial charge on any atom is 0.332 e. The molecule has 2 aromatic heterocycles. The van der Waals surface area contributed by atoms with E-state index in [-0.39, 0.29) is 11.2 Å². The van der Waals surface area contributed by atoms with Crippen molar-refractivity contribution in [1.29, 1.82) is 0 Å². The van der Waals surface area contributed by atoms with Gasteiger partial charge in [0.15, 0.2) is 11.2 Å². The largest absolute Gasteiger partial charge is 0.478 e. The molecule has 37 heavy (non-hydrogen) atoms. The minimum Gasteiger partial charge on any atom is -0.478 e. The van der Waals surface area contributed by atoms with Gasteiger partial charge in [0.05, 0.1) is 0 Å². The van der Waals surface area contributed by atoms with Crippen LogP contribution in [0.5, 0.6) is 0 Å². The maximum atomic E-state index is 13.8. The van der Waals surface area contributed by atoms with Crippen molar-refractivity contribution in [3.8, 4) is 11.4 Å². The predicted molar refractivity (Wildman–Crippen MR) is 144 cm³/mol. The van der Waals surface area contributed by atoms with Gasteiger partial charge in [0.1, 0.15) is 5.82 Å². The van der Waals surface area contributed by atoms with Crippen LogP contribution < -0.4 is 11.2 Å². The van der Waals surface area contributed by atoms with Gasteiger partial charge in [-0.2, -0.15) is 0 Å². The van der Waals surface area contributed by atoms with Crippen LogP contribution in [0.2, 0.25) is 0 Å². The quantitative estimate of drug-likeness (QED) is 0.465. The Morgan fingerprint density at radius 2 is 1.49 bits per heavy atom. The lowest BCUT2D eigenvalue weighted by atomic mass is 9.89. The number of aliphatic carboxylic acids is 1. The number of aromatic nitrogens is 4. The van der Waals surface area contributed by atoms with Crippen molar-refractivity contribution in [3.63, 3.8) is 0 Å². The Kier molecular flexibility index (Phi) is 7.44. The van der Waals surface area contributed by atoms with E-state index < -0.39 is 5.97 Å². The fourth-order valence-corrected chi connectivity index (χ4v) is 6.11. The van der Waals surface area contributed by atoms with E-state index in [9.17, 15) is 14.4 Å². The number of carboxylic acid groups (broad SMARTS) is 1. The Bertz CT molecular complexity index is 1420. The van der Waals surface area contributed by atoms with E-state index in [2.05, 4.69) is 0 Å². The van der Waals surface area contributed by atoms with Gasteiger partial charge in [0, 0.05) is 31.8 Å². The van der Waals surface area contributed by atoms with Gasteiger partial charge in [-0.15, -0.1) is 0 Å². The second-order valence-electron chi connectivity index (χ2n) is 10.8. The molecule has 5 rings (SSSR count).